The SMILES string of the molecule is Cc1nc2ccc(-c3ccnc(N)c3)nc2n1-c1ccc(N2C[C@@H](C)O[C@@H](C)C2)c(F)c1. The number of morpholine rings is 1. The summed E-state index contributed by atoms with van der Waals surface area (Å²) in [5.74, 6) is 0.890. The molecular formula is C24H25FN6O. The third kappa shape index (κ3) is 3.67. The molecule has 3 aromatic heterocycles. The van der Waals surface area contributed by atoms with Crippen molar-refractivity contribution in [2.45, 2.75) is 33.0 Å². The van der Waals surface area contributed by atoms with E-state index in [1.807, 2.05) is 60.6 Å². The summed E-state index contributed by atoms with van der Waals surface area (Å²) in [6.07, 6.45) is 1.77. The Morgan fingerprint density at radius 2 is 1.81 bits per heavy atom. The molecule has 1 fully saturated rings. The van der Waals surface area contributed by atoms with Crippen LogP contribution in [0.25, 0.3) is 28.1 Å². The van der Waals surface area contributed by atoms with Gasteiger partial charge >= 0.3 is 0 Å². The molecular weight excluding hydrogens is 407 g/mol. The van der Waals surface area contributed by atoms with Gasteiger partial charge in [0.15, 0.2) is 5.65 Å². The number of rotatable bonds is 3. The summed E-state index contributed by atoms with van der Waals surface area (Å²) < 4.78 is 22.9. The lowest BCUT2D eigenvalue weighted by Gasteiger charge is -2.37. The number of ether oxygens (including phenoxy) is 1. The molecule has 0 unspecified atom stereocenters. The second-order valence-electron chi connectivity index (χ2n) is 8.30. The smallest absolute Gasteiger partial charge is 0.165 e. The number of fused-ring (bicyclic) bond motifs is 1. The Morgan fingerprint density at radius 3 is 2.53 bits per heavy atom. The van der Waals surface area contributed by atoms with Crippen molar-refractivity contribution in [3.63, 3.8) is 0 Å². The molecule has 32 heavy (non-hydrogen) atoms. The summed E-state index contributed by atoms with van der Waals surface area (Å²) in [4.78, 5) is 15.5. The molecule has 1 saturated heterocycles. The number of nitrogens with two attached hydrogens (primary N) is 1. The third-order valence-electron chi connectivity index (χ3n) is 5.70. The number of nitrogen functional groups attached to an aromatic ring is 1. The van der Waals surface area contributed by atoms with E-state index in [2.05, 4.69) is 9.97 Å². The van der Waals surface area contributed by atoms with Gasteiger partial charge in [0.05, 0.1) is 29.3 Å². The van der Waals surface area contributed by atoms with Gasteiger partial charge in [-0.25, -0.2) is 19.3 Å². The van der Waals surface area contributed by atoms with Crippen LogP contribution < -0.4 is 10.6 Å². The lowest BCUT2D eigenvalue weighted by molar-refractivity contribution is -0.00539. The molecule has 0 aliphatic carbocycles. The predicted molar refractivity (Wildman–Crippen MR) is 123 cm³/mol. The van der Waals surface area contributed by atoms with E-state index in [0.29, 0.717) is 35.9 Å². The van der Waals surface area contributed by atoms with Crippen LogP contribution >= 0.6 is 0 Å². The summed E-state index contributed by atoms with van der Waals surface area (Å²) >= 11 is 0. The fraction of sp³-hybridized carbons (Fsp3) is 0.292. The molecule has 8 heteroatoms. The molecule has 0 saturated carbocycles. The van der Waals surface area contributed by atoms with E-state index in [0.717, 1.165) is 22.6 Å². The number of nitrogens with zero attached hydrogens (tertiary/aromatic N) is 5. The largest absolute Gasteiger partial charge is 0.384 e. The fourth-order valence-corrected chi connectivity index (χ4v) is 4.41. The van der Waals surface area contributed by atoms with Gasteiger partial charge in [-0.05, 0) is 57.2 Å². The Bertz CT molecular complexity index is 1290. The van der Waals surface area contributed by atoms with Gasteiger partial charge in [0.2, 0.25) is 0 Å². The Hall–Kier alpha value is -3.52. The molecule has 1 aliphatic heterocycles. The minimum absolute atomic E-state index is 0.0579. The van der Waals surface area contributed by atoms with Crippen molar-refractivity contribution in [2.24, 2.45) is 0 Å². The molecule has 4 heterocycles. The summed E-state index contributed by atoms with van der Waals surface area (Å²) in [6, 6.07) is 12.7. The topological polar surface area (TPSA) is 82.1 Å². The Labute approximate surface area is 185 Å². The van der Waals surface area contributed by atoms with Crippen molar-refractivity contribution >= 4 is 22.7 Å². The van der Waals surface area contributed by atoms with Gasteiger partial charge in [0.1, 0.15) is 23.0 Å². The van der Waals surface area contributed by atoms with Crippen LogP contribution in [0.3, 0.4) is 0 Å². The van der Waals surface area contributed by atoms with Crippen LogP contribution in [0, 0.1) is 12.7 Å². The molecule has 2 atom stereocenters. The van der Waals surface area contributed by atoms with E-state index in [-0.39, 0.29) is 18.0 Å². The zero-order chi connectivity index (χ0) is 22.4. The van der Waals surface area contributed by atoms with Crippen molar-refractivity contribution in [3.05, 3.63) is 60.3 Å². The first-order valence-electron chi connectivity index (χ1n) is 10.7. The highest BCUT2D eigenvalue weighted by atomic mass is 19.1. The van der Waals surface area contributed by atoms with Crippen molar-refractivity contribution in [1.82, 2.24) is 19.5 Å². The van der Waals surface area contributed by atoms with Gasteiger partial charge in [0.25, 0.3) is 0 Å². The van der Waals surface area contributed by atoms with Crippen LogP contribution in [0.4, 0.5) is 15.9 Å². The van der Waals surface area contributed by atoms with E-state index < -0.39 is 0 Å². The van der Waals surface area contributed by atoms with Crippen molar-refractivity contribution in [2.75, 3.05) is 23.7 Å². The summed E-state index contributed by atoms with van der Waals surface area (Å²) in [7, 11) is 0. The van der Waals surface area contributed by atoms with Gasteiger partial charge in [-0.2, -0.15) is 0 Å². The fourth-order valence-electron chi connectivity index (χ4n) is 4.41. The van der Waals surface area contributed by atoms with Crippen LogP contribution in [0.15, 0.2) is 48.7 Å². The molecule has 1 aliphatic rings. The zero-order valence-corrected chi connectivity index (χ0v) is 18.3. The Kier molecular flexibility index (Phi) is 5.01. The average molecular weight is 433 g/mol. The molecule has 0 radical (unpaired) electrons. The standard InChI is InChI=1S/C24H25FN6O/c1-14-12-30(13-15(2)32-14)22-7-4-18(11-19(22)25)31-16(3)28-21-6-5-20(29-24(21)31)17-8-9-27-23(26)10-17/h4-11,14-15H,12-13H2,1-3H3,(H2,26,27)/t14-,15+. The second kappa shape index (κ2) is 7.87. The van der Waals surface area contributed by atoms with Gasteiger partial charge in [-0.3, -0.25) is 4.57 Å². The molecule has 5 rings (SSSR count). The van der Waals surface area contributed by atoms with Crippen LogP contribution in [-0.2, 0) is 4.74 Å². The van der Waals surface area contributed by atoms with E-state index >= 15 is 4.39 Å². The molecule has 0 spiro atoms. The van der Waals surface area contributed by atoms with Gasteiger partial charge < -0.3 is 15.4 Å². The molecule has 0 amide bonds. The first-order valence-corrected chi connectivity index (χ1v) is 10.7. The summed E-state index contributed by atoms with van der Waals surface area (Å²) in [5, 5.41) is 0. The minimum atomic E-state index is -0.275. The lowest BCUT2D eigenvalue weighted by Crippen LogP contribution is -2.45. The first kappa shape index (κ1) is 20.4. The molecule has 7 nitrogen and oxygen atoms in total. The number of hydrogen-bond donors (Lipinski definition) is 1. The Morgan fingerprint density at radius 1 is 1.03 bits per heavy atom. The predicted octanol–water partition coefficient (Wildman–Crippen LogP) is 4.13. The molecule has 0 bridgehead atoms. The van der Waals surface area contributed by atoms with Crippen molar-refractivity contribution in [3.8, 4) is 16.9 Å². The van der Waals surface area contributed by atoms with Gasteiger partial charge in [-0.15, -0.1) is 0 Å². The number of imidazole rings is 1. The number of anilines is 2. The number of hydrogen-bond acceptors (Lipinski definition) is 6. The van der Waals surface area contributed by atoms with Crippen LogP contribution in [0.5, 0.6) is 0 Å². The maximum absolute atomic E-state index is 15.2. The molecule has 1 aromatic carbocycles. The van der Waals surface area contributed by atoms with Crippen LogP contribution in [-0.4, -0.2) is 44.8 Å². The van der Waals surface area contributed by atoms with Gasteiger partial charge in [-0.1, -0.05) is 0 Å². The number of pyridine rings is 2. The van der Waals surface area contributed by atoms with E-state index in [1.165, 1.54) is 0 Å². The second-order valence-corrected chi connectivity index (χ2v) is 8.30. The van der Waals surface area contributed by atoms with Gasteiger partial charge in [0, 0.05) is 30.9 Å². The van der Waals surface area contributed by atoms with Crippen LogP contribution in [0.1, 0.15) is 19.7 Å². The molecule has 2 N–H and O–H groups in total. The average Bonchev–Trinajstić information content (AvgIpc) is 3.07. The maximum atomic E-state index is 15.2. The molecule has 164 valence electrons. The maximum Gasteiger partial charge on any atom is 0.165 e. The highest BCUT2D eigenvalue weighted by Gasteiger charge is 2.24. The minimum Gasteiger partial charge on any atom is -0.384 e. The number of benzene rings is 1. The van der Waals surface area contributed by atoms with E-state index in [4.69, 9.17) is 15.5 Å². The quantitative estimate of drug-likeness (QED) is 0.524. The Balaban J connectivity index is 1.56. The highest BCUT2D eigenvalue weighted by molar-refractivity contribution is 5.78. The normalized spacial score (nSPS) is 18.9. The summed E-state index contributed by atoms with van der Waals surface area (Å²) in [5.41, 5.74) is 10.1. The van der Waals surface area contributed by atoms with Crippen molar-refractivity contribution < 1.29 is 9.13 Å². The number of halogens is 1. The first-order chi connectivity index (χ1) is 15.4. The monoisotopic (exact) mass is 432 g/mol. The molecule has 4 aromatic rings. The third-order valence-corrected chi connectivity index (χ3v) is 5.70. The van der Waals surface area contributed by atoms with Crippen molar-refractivity contribution in [1.29, 1.82) is 0 Å². The highest BCUT2D eigenvalue weighted by Crippen LogP contribution is 2.29. The zero-order valence-electron chi connectivity index (χ0n) is 18.3. The number of aryl methyl sites for hydroxylation is 1. The van der Waals surface area contributed by atoms with E-state index in [9.17, 15) is 0 Å². The van der Waals surface area contributed by atoms with Crippen LogP contribution in [0.2, 0.25) is 0 Å². The van der Waals surface area contributed by atoms with E-state index in [1.54, 1.807) is 18.3 Å². The lowest BCUT2D eigenvalue weighted by atomic mass is 10.1. The summed E-state index contributed by atoms with van der Waals surface area (Å²) in [6.45, 7) is 7.23. The number of aromatic nitrogens is 4.